The molecule has 0 aromatic carbocycles. The molecule has 15 nitrogen and oxygen atoms in total. The van der Waals surface area contributed by atoms with Gasteiger partial charge in [-0.25, -0.2) is 19.6 Å². The molecule has 4 bridgehead atoms. The van der Waals surface area contributed by atoms with E-state index in [0.717, 1.165) is 0 Å². The minimum atomic E-state index is -1.13. The number of carboxylic acid groups (broad SMARTS) is 1. The molecular weight excluding hydrogens is 801 g/mol. The summed E-state index contributed by atoms with van der Waals surface area (Å²) in [4.78, 5) is 59.3. The van der Waals surface area contributed by atoms with Crippen molar-refractivity contribution in [1.29, 1.82) is 0 Å². The lowest BCUT2D eigenvalue weighted by Crippen LogP contribution is -2.44. The minimum absolute atomic E-state index is 0.0198. The number of carbonyl (C=O) groups is 4. The number of allylic oxidation sites excluding steroid dienone is 8. The van der Waals surface area contributed by atoms with Crippen LogP contribution in [0.15, 0.2) is 113 Å². The number of aliphatic hydroxyl groups is 1. The van der Waals surface area contributed by atoms with E-state index in [0.29, 0.717) is 6.42 Å². The molecule has 0 saturated carbocycles. The van der Waals surface area contributed by atoms with E-state index in [-0.39, 0.29) is 61.1 Å². The Labute approximate surface area is 362 Å². The molecule has 334 valence electrons. The number of carbonyl (C=O) groups excluding carboxylic acids is 3. The van der Waals surface area contributed by atoms with Crippen LogP contribution in [0.3, 0.4) is 0 Å². The van der Waals surface area contributed by atoms with E-state index >= 15 is 0 Å². The minimum Gasteiger partial charge on any atom is -0.481 e. The van der Waals surface area contributed by atoms with Gasteiger partial charge in [-0.1, -0.05) is 113 Å². The predicted octanol–water partition coefficient (Wildman–Crippen LogP) is 7.67. The first-order valence-corrected chi connectivity index (χ1v) is 20.5. The highest BCUT2D eigenvalue weighted by Crippen LogP contribution is 2.36. The molecule has 0 amide bonds. The molecule has 1 saturated heterocycles. The third-order valence-corrected chi connectivity index (χ3v) is 10.4. The third kappa shape index (κ3) is 14.6. The molecule has 1 fully saturated rings. The zero-order chi connectivity index (χ0) is 45.3. The highest BCUT2D eigenvalue weighted by molar-refractivity contribution is 5.87. The summed E-state index contributed by atoms with van der Waals surface area (Å²) in [6.07, 6.45) is 26.1. The largest absolute Gasteiger partial charge is 0.481 e. The average Bonchev–Trinajstić information content (AvgIpc) is 3.53. The molecule has 0 unspecified atom stereocenters. The Kier molecular flexibility index (Phi) is 18.4. The summed E-state index contributed by atoms with van der Waals surface area (Å²) in [5.74, 6) is -2.87. The van der Waals surface area contributed by atoms with Crippen molar-refractivity contribution in [3.63, 3.8) is 0 Å². The molecule has 0 spiro atoms. The van der Waals surface area contributed by atoms with Crippen LogP contribution in [0.4, 0.5) is 0 Å². The lowest BCUT2D eigenvalue weighted by Gasteiger charge is -2.38. The maximum absolute atomic E-state index is 13.6. The van der Waals surface area contributed by atoms with Crippen molar-refractivity contribution < 1.29 is 61.9 Å². The molecule has 7 atom stereocenters. The molecule has 0 aliphatic carbocycles. The van der Waals surface area contributed by atoms with Gasteiger partial charge < -0.3 is 42.7 Å². The van der Waals surface area contributed by atoms with Crippen molar-refractivity contribution in [3.8, 4) is 0 Å². The number of aliphatic carboxylic acids is 1. The maximum Gasteiger partial charge on any atom is 0.360 e. The van der Waals surface area contributed by atoms with Crippen molar-refractivity contribution in [2.75, 3.05) is 7.11 Å². The van der Waals surface area contributed by atoms with Gasteiger partial charge in [-0.3, -0.25) is 9.59 Å². The van der Waals surface area contributed by atoms with Crippen LogP contribution in [-0.2, 0) is 39.7 Å². The van der Waals surface area contributed by atoms with Crippen LogP contribution in [0, 0.1) is 10.8 Å². The van der Waals surface area contributed by atoms with Crippen molar-refractivity contribution >= 4 is 30.0 Å². The molecule has 15 heteroatoms. The fourth-order valence-electron chi connectivity index (χ4n) is 6.26. The summed E-state index contributed by atoms with van der Waals surface area (Å²) in [5, 5.41) is 20.0. The van der Waals surface area contributed by atoms with Gasteiger partial charge in [-0.15, -0.1) is 0 Å². The predicted molar refractivity (Wildman–Crippen MR) is 228 cm³/mol. The SMILES string of the molecule is C/C=C/[C@H](OC(=O)CCC(=O)O)C(C)(C)[C@@H]1C/C=C\[C@@H]2O[C@@H]2/C=C/C=C\c2nc(co2)C(=O)O[C@@H](C(C)(C)[C@@H](O)/C=C/C)C\C=C/C=C\C=C\[C@@H](OC)Cc2nc(co2)C(=O)O1. The molecule has 2 aromatic heterocycles. The Hall–Kier alpha value is -5.90. The standard InChI is InChI=1S/C47H58N2O13/c1-8-18-36(50)46(3,4)38-23-14-12-10-11-13-20-31(56-7)28-41-49-33(30-58-41)45(55)62-39(47(5,6)37(19-9-2)60-43(53)27-26-42(51)52)24-17-22-35-34(59-35)21-15-16-25-40-48-32(29-57-40)44(54)61-38/h8-22,25,29-31,34-39,50H,23-24,26-28H2,1-7H3,(H,51,52)/b11-10-,14-12-,18-8+,19-9+,20-13+,21-15+,22-17-,25-16-/t31-,34-,35+,36+,37+,38-,39+/m1/s1. The number of fused-ring (bicyclic) bond motifs is 5. The zero-order valence-corrected chi connectivity index (χ0v) is 36.2. The number of nitrogens with zero attached hydrogens (tertiary/aromatic N) is 2. The number of aromatic nitrogens is 2. The molecular formula is C47H58N2O13. The smallest absolute Gasteiger partial charge is 0.360 e. The van der Waals surface area contributed by atoms with E-state index in [1.807, 2.05) is 38.2 Å². The number of cyclic esters (lactones) is 2. The van der Waals surface area contributed by atoms with Gasteiger partial charge in [0.1, 0.15) is 43.0 Å². The second-order valence-corrected chi connectivity index (χ2v) is 15.8. The van der Waals surface area contributed by atoms with Gasteiger partial charge in [0, 0.05) is 36.9 Å². The Morgan fingerprint density at radius 3 is 2.13 bits per heavy atom. The number of methoxy groups -OCH3 is 1. The number of ether oxygens (including phenoxy) is 5. The van der Waals surface area contributed by atoms with Crippen LogP contribution in [0.1, 0.15) is 100.0 Å². The Morgan fingerprint density at radius 1 is 0.806 bits per heavy atom. The lowest BCUT2D eigenvalue weighted by atomic mass is 9.78. The number of rotatable bonds is 11. The molecule has 62 heavy (non-hydrogen) atoms. The van der Waals surface area contributed by atoms with Crippen LogP contribution in [0.2, 0.25) is 0 Å². The summed E-state index contributed by atoms with van der Waals surface area (Å²) in [6.45, 7) is 10.8. The van der Waals surface area contributed by atoms with Crippen molar-refractivity contribution in [2.45, 2.75) is 116 Å². The molecule has 2 aliphatic heterocycles. The molecule has 2 aromatic rings. The van der Waals surface area contributed by atoms with Gasteiger partial charge in [-0.2, -0.15) is 0 Å². The van der Waals surface area contributed by atoms with E-state index in [1.54, 1.807) is 101 Å². The van der Waals surface area contributed by atoms with E-state index in [9.17, 15) is 24.3 Å². The quantitative estimate of drug-likeness (QED) is 0.0961. The number of epoxide rings is 1. The van der Waals surface area contributed by atoms with Gasteiger partial charge in [0.2, 0.25) is 5.89 Å². The number of esters is 3. The van der Waals surface area contributed by atoms with Gasteiger partial charge in [-0.05, 0) is 19.9 Å². The van der Waals surface area contributed by atoms with E-state index in [4.69, 9.17) is 37.6 Å². The first-order valence-electron chi connectivity index (χ1n) is 20.5. The molecule has 2 N–H and O–H groups in total. The summed E-state index contributed by atoms with van der Waals surface area (Å²) >= 11 is 0. The number of hydrogen-bond donors (Lipinski definition) is 2. The Bertz CT molecular complexity index is 2060. The molecule has 4 heterocycles. The molecule has 0 radical (unpaired) electrons. The fraction of sp³-hybridized carbons (Fsp3) is 0.447. The lowest BCUT2D eigenvalue weighted by molar-refractivity contribution is -0.158. The Balaban J connectivity index is 1.61. The summed E-state index contributed by atoms with van der Waals surface area (Å²) in [7, 11) is 1.53. The number of carboxylic acids is 1. The van der Waals surface area contributed by atoms with Crippen molar-refractivity contribution in [3.05, 3.63) is 127 Å². The van der Waals surface area contributed by atoms with Crippen LogP contribution in [-0.4, -0.2) is 93.9 Å². The summed E-state index contributed by atoms with van der Waals surface area (Å²) in [5.41, 5.74) is -1.96. The average molecular weight is 859 g/mol. The van der Waals surface area contributed by atoms with Crippen LogP contribution in [0.25, 0.3) is 6.08 Å². The van der Waals surface area contributed by atoms with E-state index < -0.39 is 65.2 Å². The van der Waals surface area contributed by atoms with Crippen LogP contribution < -0.4 is 0 Å². The maximum atomic E-state index is 13.6. The number of oxazole rings is 2. The number of hydrogen-bond acceptors (Lipinski definition) is 14. The first-order chi connectivity index (χ1) is 29.6. The highest BCUT2D eigenvalue weighted by atomic mass is 16.6. The topological polar surface area (TPSA) is 210 Å². The highest BCUT2D eigenvalue weighted by Gasteiger charge is 2.42. The second-order valence-electron chi connectivity index (χ2n) is 15.8. The first kappa shape index (κ1) is 48.8. The van der Waals surface area contributed by atoms with Crippen LogP contribution >= 0.6 is 0 Å². The van der Waals surface area contributed by atoms with Crippen molar-refractivity contribution in [1.82, 2.24) is 9.97 Å². The normalized spacial score (nSPS) is 26.2. The van der Waals surface area contributed by atoms with Gasteiger partial charge in [0.05, 0.1) is 31.5 Å². The third-order valence-electron chi connectivity index (χ3n) is 10.4. The summed E-state index contributed by atoms with van der Waals surface area (Å²) in [6, 6.07) is 0. The Morgan fingerprint density at radius 2 is 1.44 bits per heavy atom. The monoisotopic (exact) mass is 858 g/mol. The van der Waals surface area contributed by atoms with Crippen LogP contribution in [0.5, 0.6) is 0 Å². The van der Waals surface area contributed by atoms with Gasteiger partial charge in [0.25, 0.3) is 0 Å². The van der Waals surface area contributed by atoms with E-state index in [1.165, 1.54) is 19.6 Å². The van der Waals surface area contributed by atoms with E-state index in [2.05, 4.69) is 9.97 Å². The van der Waals surface area contributed by atoms with Gasteiger partial charge >= 0.3 is 23.9 Å². The molecule has 2 aliphatic rings. The van der Waals surface area contributed by atoms with Gasteiger partial charge in [0.15, 0.2) is 17.3 Å². The molecule has 4 rings (SSSR count). The van der Waals surface area contributed by atoms with Crippen molar-refractivity contribution in [2.24, 2.45) is 10.8 Å². The summed E-state index contributed by atoms with van der Waals surface area (Å²) < 4.78 is 40.2. The second kappa shape index (κ2) is 23.4. The number of aliphatic hydroxyl groups excluding tert-OH is 1. The zero-order valence-electron chi connectivity index (χ0n) is 36.2. The fourth-order valence-corrected chi connectivity index (χ4v) is 6.26.